The molecular formula is C19H25Cl2N3O. The van der Waals surface area contributed by atoms with Crippen LogP contribution in [0.25, 0.3) is 0 Å². The molecule has 0 radical (unpaired) electrons. The van der Waals surface area contributed by atoms with E-state index in [0.29, 0.717) is 12.5 Å². The van der Waals surface area contributed by atoms with Gasteiger partial charge in [-0.05, 0) is 43.0 Å². The number of pyridine rings is 1. The first kappa shape index (κ1) is 21.4. The molecule has 1 aliphatic carbocycles. The Morgan fingerprint density at radius 2 is 1.84 bits per heavy atom. The molecule has 3 N–H and O–H groups in total. The molecule has 1 fully saturated rings. The predicted molar refractivity (Wildman–Crippen MR) is 105 cm³/mol. The Hall–Kier alpha value is -1.62. The van der Waals surface area contributed by atoms with E-state index in [4.69, 9.17) is 5.73 Å². The lowest BCUT2D eigenvalue weighted by molar-refractivity contribution is -0.126. The van der Waals surface area contributed by atoms with Crippen LogP contribution >= 0.6 is 24.8 Å². The van der Waals surface area contributed by atoms with Crippen molar-refractivity contribution in [3.63, 3.8) is 0 Å². The van der Waals surface area contributed by atoms with E-state index < -0.39 is 0 Å². The van der Waals surface area contributed by atoms with Crippen molar-refractivity contribution in [1.29, 1.82) is 0 Å². The number of nitrogens with one attached hydrogen (secondary N) is 1. The van der Waals surface area contributed by atoms with E-state index >= 15 is 0 Å². The van der Waals surface area contributed by atoms with Crippen molar-refractivity contribution < 1.29 is 4.79 Å². The van der Waals surface area contributed by atoms with E-state index in [9.17, 15) is 4.79 Å². The maximum absolute atomic E-state index is 12.8. The predicted octanol–water partition coefficient (Wildman–Crippen LogP) is 3.51. The molecule has 0 bridgehead atoms. The summed E-state index contributed by atoms with van der Waals surface area (Å²) in [5.74, 6) is 0.419. The van der Waals surface area contributed by atoms with E-state index in [-0.39, 0.29) is 42.7 Å². The number of halogens is 2. The minimum absolute atomic E-state index is 0. The molecule has 0 saturated heterocycles. The van der Waals surface area contributed by atoms with Gasteiger partial charge >= 0.3 is 0 Å². The summed E-state index contributed by atoms with van der Waals surface area (Å²) in [7, 11) is 0. The van der Waals surface area contributed by atoms with Crippen molar-refractivity contribution in [2.24, 2.45) is 17.6 Å². The smallest absolute Gasteiger partial charge is 0.224 e. The maximum Gasteiger partial charge on any atom is 0.224 e. The molecule has 0 spiro atoms. The van der Waals surface area contributed by atoms with E-state index in [1.807, 2.05) is 48.5 Å². The van der Waals surface area contributed by atoms with Gasteiger partial charge in [0.2, 0.25) is 5.91 Å². The molecule has 1 saturated carbocycles. The SMILES string of the molecule is Cl.Cl.NC[C@H]1CCC[C@H]1C(=O)NC(c1ccccc1)c1ccccn1. The fourth-order valence-corrected chi connectivity index (χ4v) is 3.43. The molecule has 1 aliphatic rings. The van der Waals surface area contributed by atoms with Gasteiger partial charge in [-0.25, -0.2) is 0 Å². The van der Waals surface area contributed by atoms with Crippen LogP contribution in [0.2, 0.25) is 0 Å². The number of benzene rings is 1. The second-order valence-corrected chi connectivity index (χ2v) is 6.14. The molecule has 0 aliphatic heterocycles. The normalized spacial score (nSPS) is 20.0. The molecule has 1 unspecified atom stereocenters. The summed E-state index contributed by atoms with van der Waals surface area (Å²) in [5.41, 5.74) is 7.72. The van der Waals surface area contributed by atoms with Crippen molar-refractivity contribution in [2.45, 2.75) is 25.3 Å². The van der Waals surface area contributed by atoms with Gasteiger partial charge in [0.05, 0.1) is 11.7 Å². The van der Waals surface area contributed by atoms with Gasteiger partial charge < -0.3 is 11.1 Å². The van der Waals surface area contributed by atoms with Gasteiger partial charge in [-0.2, -0.15) is 0 Å². The first-order valence-electron chi connectivity index (χ1n) is 8.26. The van der Waals surface area contributed by atoms with Crippen molar-refractivity contribution in [3.8, 4) is 0 Å². The topological polar surface area (TPSA) is 68.0 Å². The van der Waals surface area contributed by atoms with Crippen molar-refractivity contribution in [3.05, 3.63) is 66.0 Å². The summed E-state index contributed by atoms with van der Waals surface area (Å²) in [6, 6.07) is 15.5. The lowest BCUT2D eigenvalue weighted by Crippen LogP contribution is -2.38. The zero-order valence-electron chi connectivity index (χ0n) is 14.0. The molecule has 1 heterocycles. The molecule has 3 rings (SSSR count). The summed E-state index contributed by atoms with van der Waals surface area (Å²) in [5, 5.41) is 3.20. The van der Waals surface area contributed by atoms with Crippen LogP contribution in [0, 0.1) is 11.8 Å². The van der Waals surface area contributed by atoms with E-state index in [1.165, 1.54) is 0 Å². The van der Waals surface area contributed by atoms with E-state index in [2.05, 4.69) is 10.3 Å². The lowest BCUT2D eigenvalue weighted by Gasteiger charge is -2.23. The third-order valence-electron chi connectivity index (χ3n) is 4.70. The highest BCUT2D eigenvalue weighted by atomic mass is 35.5. The number of amides is 1. The van der Waals surface area contributed by atoms with Crippen molar-refractivity contribution >= 4 is 30.7 Å². The number of rotatable bonds is 5. The average Bonchev–Trinajstić information content (AvgIpc) is 3.10. The number of aromatic nitrogens is 1. The Bertz CT molecular complexity index is 600. The second-order valence-electron chi connectivity index (χ2n) is 6.14. The Labute approximate surface area is 161 Å². The molecule has 1 aromatic heterocycles. The van der Waals surface area contributed by atoms with Gasteiger partial charge in [-0.3, -0.25) is 9.78 Å². The first-order valence-corrected chi connectivity index (χ1v) is 8.26. The van der Waals surface area contributed by atoms with Crippen molar-refractivity contribution in [2.75, 3.05) is 6.54 Å². The minimum Gasteiger partial charge on any atom is -0.343 e. The molecule has 2 aromatic rings. The molecule has 136 valence electrons. The quantitative estimate of drug-likeness (QED) is 0.832. The molecule has 4 nitrogen and oxygen atoms in total. The van der Waals surface area contributed by atoms with Gasteiger partial charge in [0.15, 0.2) is 0 Å². The number of hydrogen-bond acceptors (Lipinski definition) is 3. The molecule has 25 heavy (non-hydrogen) atoms. The highest BCUT2D eigenvalue weighted by molar-refractivity contribution is 5.85. The monoisotopic (exact) mass is 381 g/mol. The van der Waals surface area contributed by atoms with Crippen LogP contribution in [0.1, 0.15) is 36.6 Å². The first-order chi connectivity index (χ1) is 11.3. The third-order valence-corrected chi connectivity index (χ3v) is 4.70. The van der Waals surface area contributed by atoms with Crippen LogP contribution in [0.4, 0.5) is 0 Å². The van der Waals surface area contributed by atoms with E-state index in [1.54, 1.807) is 6.20 Å². The van der Waals surface area contributed by atoms with Gasteiger partial charge in [0, 0.05) is 12.1 Å². The van der Waals surface area contributed by atoms with Gasteiger partial charge in [0.1, 0.15) is 0 Å². The summed E-state index contributed by atoms with van der Waals surface area (Å²) in [6.45, 7) is 0.581. The summed E-state index contributed by atoms with van der Waals surface area (Å²) < 4.78 is 0. The molecule has 1 amide bonds. The van der Waals surface area contributed by atoms with Crippen molar-refractivity contribution in [1.82, 2.24) is 10.3 Å². The largest absolute Gasteiger partial charge is 0.343 e. The summed E-state index contributed by atoms with van der Waals surface area (Å²) >= 11 is 0. The fourth-order valence-electron chi connectivity index (χ4n) is 3.43. The number of nitrogens with zero attached hydrogens (tertiary/aromatic N) is 1. The van der Waals surface area contributed by atoms with Crippen LogP contribution in [-0.4, -0.2) is 17.4 Å². The third kappa shape index (κ3) is 5.18. The Morgan fingerprint density at radius 1 is 1.12 bits per heavy atom. The number of carbonyl (C=O) groups excluding carboxylic acids is 1. The molecular weight excluding hydrogens is 357 g/mol. The lowest BCUT2D eigenvalue weighted by atomic mass is 9.94. The minimum atomic E-state index is -0.219. The standard InChI is InChI=1S/C19H23N3O.2ClH/c20-13-15-9-6-10-16(15)19(23)22-18(14-7-2-1-3-8-14)17-11-4-5-12-21-17;;/h1-5,7-8,11-12,15-16,18H,6,9-10,13,20H2,(H,22,23);2*1H/t15-,16-,18?;;/m1../s1. The van der Waals surface area contributed by atoms with Gasteiger partial charge in [-0.15, -0.1) is 24.8 Å². The van der Waals surface area contributed by atoms with Crippen LogP contribution < -0.4 is 11.1 Å². The zero-order chi connectivity index (χ0) is 16.1. The highest BCUT2D eigenvalue weighted by Crippen LogP contribution is 2.32. The number of hydrogen-bond donors (Lipinski definition) is 2. The zero-order valence-corrected chi connectivity index (χ0v) is 15.6. The second kappa shape index (κ2) is 10.4. The van der Waals surface area contributed by atoms with Crippen LogP contribution in [-0.2, 0) is 4.79 Å². The fraction of sp³-hybridized carbons (Fsp3) is 0.368. The van der Waals surface area contributed by atoms with Gasteiger partial charge in [-0.1, -0.05) is 42.8 Å². The summed E-state index contributed by atoms with van der Waals surface area (Å²) in [4.78, 5) is 17.2. The highest BCUT2D eigenvalue weighted by Gasteiger charge is 2.33. The molecule has 1 aromatic carbocycles. The molecule has 3 atom stereocenters. The number of carbonyl (C=O) groups is 1. The van der Waals surface area contributed by atoms with Crippen LogP contribution in [0.5, 0.6) is 0 Å². The number of nitrogens with two attached hydrogens (primary N) is 1. The van der Waals surface area contributed by atoms with Crippen LogP contribution in [0.15, 0.2) is 54.7 Å². The van der Waals surface area contributed by atoms with E-state index in [0.717, 1.165) is 30.5 Å². The Kier molecular flexibility index (Phi) is 8.90. The summed E-state index contributed by atoms with van der Waals surface area (Å²) in [6.07, 6.45) is 4.82. The maximum atomic E-state index is 12.8. The molecule has 6 heteroatoms. The Balaban J connectivity index is 0.00000156. The Morgan fingerprint density at radius 3 is 2.48 bits per heavy atom. The average molecular weight is 382 g/mol. The van der Waals surface area contributed by atoms with Gasteiger partial charge in [0.25, 0.3) is 0 Å². The van der Waals surface area contributed by atoms with Crippen LogP contribution in [0.3, 0.4) is 0 Å².